The van der Waals surface area contributed by atoms with Crippen molar-refractivity contribution in [2.24, 2.45) is 0 Å². The Hall–Kier alpha value is -1.90. The van der Waals surface area contributed by atoms with Gasteiger partial charge in [-0.15, -0.1) is 0 Å². The number of anilines is 1. The van der Waals surface area contributed by atoms with E-state index in [4.69, 9.17) is 61.0 Å². The summed E-state index contributed by atoms with van der Waals surface area (Å²) in [6, 6.07) is 5.89. The Morgan fingerprint density at radius 2 is 1.73 bits per heavy atom. The second-order valence-electron chi connectivity index (χ2n) is 15.2. The number of hydrogen-bond donors (Lipinski definition) is 0. The fraction of sp³-hybridized carbons (Fsp3) is 0.667. The van der Waals surface area contributed by atoms with Crippen LogP contribution in [0.25, 0.3) is 11.0 Å². The lowest BCUT2D eigenvalue weighted by molar-refractivity contribution is -0.238. The van der Waals surface area contributed by atoms with Gasteiger partial charge < -0.3 is 37.6 Å². The first-order chi connectivity index (χ1) is 22.8. The summed E-state index contributed by atoms with van der Waals surface area (Å²) in [6.45, 7) is 16.4. The van der Waals surface area contributed by atoms with Crippen molar-refractivity contribution < 1.29 is 37.3 Å². The van der Waals surface area contributed by atoms with Crippen LogP contribution in [0.1, 0.15) is 79.2 Å². The molecule has 16 heteroatoms. The molecule has 0 radical (unpaired) electrons. The molecule has 5 heterocycles. The zero-order chi connectivity index (χ0) is 35.6. The Morgan fingerprint density at radius 3 is 2.39 bits per heavy atom. The van der Waals surface area contributed by atoms with Crippen LogP contribution in [0.2, 0.25) is 10.3 Å². The van der Waals surface area contributed by atoms with Gasteiger partial charge in [0.15, 0.2) is 17.7 Å². The zero-order valence-electron chi connectivity index (χ0n) is 29.5. The van der Waals surface area contributed by atoms with Crippen LogP contribution in [0, 0.1) is 0 Å². The molecule has 49 heavy (non-hydrogen) atoms. The van der Waals surface area contributed by atoms with Gasteiger partial charge in [0.25, 0.3) is 0 Å². The average molecular weight is 743 g/mol. The lowest BCUT2D eigenvalue weighted by Crippen LogP contribution is -2.59. The van der Waals surface area contributed by atoms with Crippen LogP contribution in [0.5, 0.6) is 0 Å². The van der Waals surface area contributed by atoms with Crippen molar-refractivity contribution in [3.63, 3.8) is 0 Å². The van der Waals surface area contributed by atoms with E-state index in [-0.39, 0.29) is 18.2 Å². The minimum Gasteiger partial charge on any atom is -0.366 e. The molecule has 1 aromatic carbocycles. The van der Waals surface area contributed by atoms with Crippen LogP contribution in [0.15, 0.2) is 24.4 Å². The lowest BCUT2D eigenvalue weighted by atomic mass is 9.85. The quantitative estimate of drug-likeness (QED) is 0.112. The molecule has 0 amide bonds. The fourth-order valence-corrected chi connectivity index (χ4v) is 8.97. The van der Waals surface area contributed by atoms with E-state index in [2.05, 4.69) is 14.9 Å². The van der Waals surface area contributed by atoms with Gasteiger partial charge in [-0.2, -0.15) is 15.1 Å². The predicted molar refractivity (Wildman–Crippen MR) is 185 cm³/mol. The van der Waals surface area contributed by atoms with Gasteiger partial charge in [-0.3, -0.25) is 4.57 Å². The highest BCUT2D eigenvalue weighted by Gasteiger charge is 2.51. The summed E-state index contributed by atoms with van der Waals surface area (Å²) in [7, 11) is -2.03. The molecule has 3 aliphatic heterocycles. The van der Waals surface area contributed by atoms with E-state index < -0.39 is 48.6 Å². The van der Waals surface area contributed by atoms with Crippen LogP contribution in [0.3, 0.4) is 0 Å². The van der Waals surface area contributed by atoms with Gasteiger partial charge in [-0.1, -0.05) is 17.7 Å². The first kappa shape index (κ1) is 36.9. The number of nitrogens with zero attached hydrogens (tertiary/aromatic N) is 5. The molecule has 0 aliphatic carbocycles. The standard InChI is InChI=1S/C33H46Cl2N5O8P/c1-30(2,3)47-49(41,48-31(4,5)6)19-43-16-22-13-25(46-32(7,8)42-9)28(45-22)40-27-23(14-36-40)26(37-29(35)38-27)39-17-33(18-39)24-11-10-21(34)12-20(24)15-44-33/h10-12,14,22,25,28H,13,15-19H2,1-9H3/t22-,25+,28+/m0/s1. The van der Waals surface area contributed by atoms with Crippen molar-refractivity contribution in [2.75, 3.05) is 38.1 Å². The number of ether oxygens (including phenoxy) is 5. The number of methoxy groups -OCH3 is 1. The maximum atomic E-state index is 13.7. The van der Waals surface area contributed by atoms with Gasteiger partial charge in [0.05, 0.1) is 55.2 Å². The molecule has 0 unspecified atom stereocenters. The molecule has 3 atom stereocenters. The van der Waals surface area contributed by atoms with Gasteiger partial charge in [0.2, 0.25) is 5.28 Å². The first-order valence-corrected chi connectivity index (χ1v) is 18.8. The zero-order valence-corrected chi connectivity index (χ0v) is 31.9. The van der Waals surface area contributed by atoms with Gasteiger partial charge in [-0.25, -0.2) is 4.68 Å². The number of fused-ring (bicyclic) bond motifs is 3. The Balaban J connectivity index is 1.22. The van der Waals surface area contributed by atoms with Crippen molar-refractivity contribution in [3.05, 3.63) is 45.8 Å². The van der Waals surface area contributed by atoms with E-state index in [0.29, 0.717) is 48.0 Å². The Labute approximate surface area is 297 Å². The van der Waals surface area contributed by atoms with Crippen molar-refractivity contribution >= 4 is 47.6 Å². The molecule has 2 aromatic heterocycles. The van der Waals surface area contributed by atoms with E-state index in [9.17, 15) is 4.57 Å². The smallest absolute Gasteiger partial charge is 0.357 e. The van der Waals surface area contributed by atoms with Crippen molar-refractivity contribution in [1.82, 2.24) is 19.7 Å². The minimum absolute atomic E-state index is 0.0748. The topological polar surface area (TPSA) is 129 Å². The molecule has 1 spiro atoms. The van der Waals surface area contributed by atoms with Crippen LogP contribution in [-0.2, 0) is 49.5 Å². The van der Waals surface area contributed by atoms with E-state index in [1.54, 1.807) is 18.0 Å². The highest BCUT2D eigenvalue weighted by molar-refractivity contribution is 7.53. The summed E-state index contributed by atoms with van der Waals surface area (Å²) in [6.07, 6.45) is 0.251. The molecule has 2 fully saturated rings. The molecule has 0 saturated carbocycles. The first-order valence-electron chi connectivity index (χ1n) is 16.3. The van der Waals surface area contributed by atoms with Crippen LogP contribution < -0.4 is 4.90 Å². The number of halogens is 2. The molecular formula is C33H46Cl2N5O8P. The maximum Gasteiger partial charge on any atom is 0.357 e. The fourth-order valence-electron chi connectivity index (χ4n) is 6.47. The predicted octanol–water partition coefficient (Wildman–Crippen LogP) is 7.23. The van der Waals surface area contributed by atoms with E-state index in [1.807, 2.05) is 73.6 Å². The molecule has 2 saturated heterocycles. The second-order valence-corrected chi connectivity index (χ2v) is 17.9. The molecule has 3 aromatic rings. The van der Waals surface area contributed by atoms with E-state index in [0.717, 1.165) is 11.1 Å². The third-order valence-corrected chi connectivity index (χ3v) is 10.9. The second kappa shape index (κ2) is 13.3. The SMILES string of the molecule is COC(C)(C)O[C@@H]1C[C@@H](COCP(=O)(OC(C)(C)C)OC(C)(C)C)O[C@H]1n1ncc2c(N3CC4(C3)OCc3cc(Cl)ccc34)nc(Cl)nc21. The van der Waals surface area contributed by atoms with Crippen molar-refractivity contribution in [2.45, 2.75) is 109 Å². The molecule has 0 bridgehead atoms. The molecular weight excluding hydrogens is 696 g/mol. The third kappa shape index (κ3) is 8.12. The average Bonchev–Trinajstić information content (AvgIpc) is 3.64. The third-order valence-electron chi connectivity index (χ3n) is 8.35. The highest BCUT2D eigenvalue weighted by atomic mass is 35.5. The number of benzene rings is 1. The molecule has 3 aliphatic rings. The molecule has 0 N–H and O–H groups in total. The molecule has 6 rings (SSSR count). The lowest BCUT2D eigenvalue weighted by Gasteiger charge is -2.48. The summed E-state index contributed by atoms with van der Waals surface area (Å²) in [4.78, 5) is 11.3. The summed E-state index contributed by atoms with van der Waals surface area (Å²) in [5, 5.41) is 6.18. The molecule has 13 nitrogen and oxygen atoms in total. The summed E-state index contributed by atoms with van der Waals surface area (Å²) in [5.41, 5.74) is 0.886. The van der Waals surface area contributed by atoms with Crippen molar-refractivity contribution in [1.29, 1.82) is 0 Å². The van der Waals surface area contributed by atoms with Gasteiger partial charge >= 0.3 is 7.60 Å². The Bertz CT molecular complexity index is 1720. The number of rotatable bonds is 11. The van der Waals surface area contributed by atoms with Crippen LogP contribution in [0.4, 0.5) is 5.82 Å². The van der Waals surface area contributed by atoms with Gasteiger partial charge in [-0.05, 0) is 90.3 Å². The molecule has 270 valence electrons. The Morgan fingerprint density at radius 1 is 1.04 bits per heavy atom. The largest absolute Gasteiger partial charge is 0.366 e. The summed E-state index contributed by atoms with van der Waals surface area (Å²) >= 11 is 12.8. The summed E-state index contributed by atoms with van der Waals surface area (Å²) in [5.74, 6) is -0.272. The van der Waals surface area contributed by atoms with E-state index >= 15 is 0 Å². The normalized spacial score (nSPS) is 22.7. The summed E-state index contributed by atoms with van der Waals surface area (Å²) < 4.78 is 57.9. The van der Waals surface area contributed by atoms with Crippen LogP contribution >= 0.6 is 30.8 Å². The van der Waals surface area contributed by atoms with Crippen LogP contribution in [-0.4, -0.2) is 82.1 Å². The Kier molecular flexibility index (Phi) is 9.98. The van der Waals surface area contributed by atoms with Gasteiger partial charge in [0, 0.05) is 18.6 Å². The maximum absolute atomic E-state index is 13.7. The van der Waals surface area contributed by atoms with E-state index in [1.165, 1.54) is 0 Å². The minimum atomic E-state index is -3.62. The highest BCUT2D eigenvalue weighted by Crippen LogP contribution is 2.54. The van der Waals surface area contributed by atoms with Crippen molar-refractivity contribution in [3.8, 4) is 0 Å². The monoisotopic (exact) mass is 741 g/mol. The van der Waals surface area contributed by atoms with Gasteiger partial charge in [0.1, 0.15) is 23.9 Å². The number of hydrogen-bond acceptors (Lipinski definition) is 12. The number of aromatic nitrogens is 4.